The fourth-order valence-corrected chi connectivity index (χ4v) is 4.15. The Kier molecular flexibility index (Phi) is 6.77. The highest BCUT2D eigenvalue weighted by Crippen LogP contribution is 2.30. The van der Waals surface area contributed by atoms with Gasteiger partial charge in [-0.05, 0) is 24.6 Å². The first kappa shape index (κ1) is 19.6. The first-order chi connectivity index (χ1) is 11.9. The van der Waals surface area contributed by atoms with Gasteiger partial charge >= 0.3 is 0 Å². The molecule has 1 fully saturated rings. The average molecular weight is 371 g/mol. The highest BCUT2D eigenvalue weighted by molar-refractivity contribution is 7.89. The summed E-state index contributed by atoms with van der Waals surface area (Å²) in [7, 11) is -2.34. The zero-order chi connectivity index (χ0) is 18.4. The van der Waals surface area contributed by atoms with Gasteiger partial charge in [-0.2, -0.15) is 4.31 Å². The van der Waals surface area contributed by atoms with Crippen LogP contribution in [0, 0.1) is 0 Å². The van der Waals surface area contributed by atoms with Crippen LogP contribution in [0.5, 0.6) is 5.75 Å². The molecule has 1 unspecified atom stereocenters. The number of nitrogens with two attached hydrogens (primary N) is 1. The molecule has 0 bridgehead atoms. The molecular formula is C16H25N3O5S. The fourth-order valence-electron chi connectivity index (χ4n) is 2.56. The Hall–Kier alpha value is -1.68. The maximum Gasteiger partial charge on any atom is 0.246 e. The summed E-state index contributed by atoms with van der Waals surface area (Å²) >= 11 is 0. The summed E-state index contributed by atoms with van der Waals surface area (Å²) in [5, 5.41) is 2.67. The average Bonchev–Trinajstić information content (AvgIpc) is 2.62. The maximum absolute atomic E-state index is 12.9. The quantitative estimate of drug-likeness (QED) is 0.733. The van der Waals surface area contributed by atoms with Gasteiger partial charge in [-0.25, -0.2) is 8.42 Å². The smallest absolute Gasteiger partial charge is 0.246 e. The Bertz CT molecular complexity index is 702. The Balaban J connectivity index is 2.29. The molecule has 140 valence electrons. The van der Waals surface area contributed by atoms with E-state index in [0.29, 0.717) is 25.3 Å². The van der Waals surface area contributed by atoms with Crippen molar-refractivity contribution in [1.82, 2.24) is 4.31 Å². The van der Waals surface area contributed by atoms with E-state index in [2.05, 4.69) is 5.32 Å². The lowest BCUT2D eigenvalue weighted by atomic mass is 10.1. The van der Waals surface area contributed by atoms with Crippen LogP contribution >= 0.6 is 0 Å². The molecule has 9 heteroatoms. The van der Waals surface area contributed by atoms with E-state index in [-0.39, 0.29) is 29.6 Å². The zero-order valence-corrected chi connectivity index (χ0v) is 15.3. The maximum atomic E-state index is 12.9. The molecule has 8 nitrogen and oxygen atoms in total. The lowest BCUT2D eigenvalue weighted by Gasteiger charge is -2.27. The van der Waals surface area contributed by atoms with E-state index >= 15 is 0 Å². The molecule has 0 spiro atoms. The van der Waals surface area contributed by atoms with E-state index in [1.54, 1.807) is 6.07 Å². The highest BCUT2D eigenvalue weighted by atomic mass is 32.2. The van der Waals surface area contributed by atoms with E-state index in [4.69, 9.17) is 15.2 Å². The Morgan fingerprint density at radius 1 is 1.40 bits per heavy atom. The van der Waals surface area contributed by atoms with Gasteiger partial charge in [0.25, 0.3) is 0 Å². The summed E-state index contributed by atoms with van der Waals surface area (Å²) < 4.78 is 37.5. The molecule has 1 aliphatic rings. The van der Waals surface area contributed by atoms with Crippen LogP contribution in [-0.2, 0) is 19.6 Å². The molecule has 1 aromatic rings. The lowest BCUT2D eigenvalue weighted by molar-refractivity contribution is -0.117. The van der Waals surface area contributed by atoms with Crippen LogP contribution < -0.4 is 15.8 Å². The molecule has 0 aliphatic carbocycles. The first-order valence-corrected chi connectivity index (χ1v) is 9.66. The van der Waals surface area contributed by atoms with Gasteiger partial charge in [-0.3, -0.25) is 4.79 Å². The monoisotopic (exact) mass is 371 g/mol. The Labute approximate surface area is 148 Å². The predicted molar refractivity (Wildman–Crippen MR) is 94.1 cm³/mol. The molecule has 0 radical (unpaired) electrons. The van der Waals surface area contributed by atoms with Gasteiger partial charge in [0.05, 0.1) is 26.4 Å². The number of rotatable bonds is 7. The third-order valence-electron chi connectivity index (χ3n) is 3.96. The molecule has 1 saturated heterocycles. The van der Waals surface area contributed by atoms with Crippen LogP contribution in [0.4, 0.5) is 5.69 Å². The molecular weight excluding hydrogens is 346 g/mol. The van der Waals surface area contributed by atoms with Gasteiger partial charge in [0, 0.05) is 18.8 Å². The van der Waals surface area contributed by atoms with Gasteiger partial charge in [0.15, 0.2) is 0 Å². The molecule has 0 saturated carbocycles. The van der Waals surface area contributed by atoms with E-state index in [0.717, 1.165) is 6.42 Å². The SMILES string of the molecule is CCCC(N)C(=O)Nc1ccc(OC)c(S(=O)(=O)N2CCOCC2)c1. The number of anilines is 1. The second-order valence-corrected chi connectivity index (χ2v) is 7.67. The van der Waals surface area contributed by atoms with Gasteiger partial charge in [-0.1, -0.05) is 13.3 Å². The van der Waals surface area contributed by atoms with Crippen molar-refractivity contribution >= 4 is 21.6 Å². The van der Waals surface area contributed by atoms with Crippen molar-refractivity contribution in [2.24, 2.45) is 5.73 Å². The van der Waals surface area contributed by atoms with Crippen LogP contribution in [-0.4, -0.2) is 58.1 Å². The summed E-state index contributed by atoms with van der Waals surface area (Å²) in [4.78, 5) is 12.1. The number of methoxy groups -OCH3 is 1. The molecule has 1 aliphatic heterocycles. The van der Waals surface area contributed by atoms with Crippen LogP contribution in [0.2, 0.25) is 0 Å². The second kappa shape index (κ2) is 8.61. The number of hydrogen-bond acceptors (Lipinski definition) is 6. The number of nitrogens with one attached hydrogen (secondary N) is 1. The minimum atomic E-state index is -3.75. The van der Waals surface area contributed by atoms with E-state index in [1.165, 1.54) is 23.5 Å². The second-order valence-electron chi connectivity index (χ2n) is 5.77. The summed E-state index contributed by atoms with van der Waals surface area (Å²) in [5.74, 6) is -0.121. The minimum absolute atomic E-state index is 0.0127. The van der Waals surface area contributed by atoms with Gasteiger partial charge < -0.3 is 20.5 Å². The van der Waals surface area contributed by atoms with Crippen molar-refractivity contribution in [2.45, 2.75) is 30.7 Å². The summed E-state index contributed by atoms with van der Waals surface area (Å²) in [6.45, 7) is 3.20. The number of nitrogens with zero attached hydrogens (tertiary/aromatic N) is 1. The van der Waals surface area contributed by atoms with Crippen molar-refractivity contribution in [1.29, 1.82) is 0 Å². The Morgan fingerprint density at radius 2 is 2.08 bits per heavy atom. The van der Waals surface area contributed by atoms with Crippen LogP contribution in [0.3, 0.4) is 0 Å². The van der Waals surface area contributed by atoms with Gasteiger partial charge in [-0.15, -0.1) is 0 Å². The highest BCUT2D eigenvalue weighted by Gasteiger charge is 2.29. The van der Waals surface area contributed by atoms with E-state index in [9.17, 15) is 13.2 Å². The fraction of sp³-hybridized carbons (Fsp3) is 0.562. The van der Waals surface area contributed by atoms with E-state index < -0.39 is 16.1 Å². The molecule has 3 N–H and O–H groups in total. The molecule has 0 aromatic heterocycles. The third-order valence-corrected chi connectivity index (χ3v) is 5.88. The Morgan fingerprint density at radius 3 is 2.68 bits per heavy atom. The largest absolute Gasteiger partial charge is 0.495 e. The number of amides is 1. The molecule has 1 aromatic carbocycles. The molecule has 1 atom stereocenters. The lowest BCUT2D eigenvalue weighted by Crippen LogP contribution is -2.40. The van der Waals surface area contributed by atoms with Crippen molar-refractivity contribution in [3.05, 3.63) is 18.2 Å². The number of sulfonamides is 1. The number of carbonyl (C=O) groups excluding carboxylic acids is 1. The van der Waals surface area contributed by atoms with Crippen molar-refractivity contribution in [2.75, 3.05) is 38.7 Å². The number of morpholine rings is 1. The first-order valence-electron chi connectivity index (χ1n) is 8.22. The molecule has 25 heavy (non-hydrogen) atoms. The van der Waals surface area contributed by atoms with Crippen LogP contribution in [0.1, 0.15) is 19.8 Å². The summed E-state index contributed by atoms with van der Waals surface area (Å²) in [6.07, 6.45) is 1.34. The van der Waals surface area contributed by atoms with Gasteiger partial charge in [0.1, 0.15) is 10.6 Å². The topological polar surface area (TPSA) is 111 Å². The van der Waals surface area contributed by atoms with Crippen molar-refractivity contribution in [3.63, 3.8) is 0 Å². The number of hydrogen-bond donors (Lipinski definition) is 2. The minimum Gasteiger partial charge on any atom is -0.495 e. The number of carbonyl (C=O) groups is 1. The van der Waals surface area contributed by atoms with Crippen molar-refractivity contribution in [3.8, 4) is 5.75 Å². The van der Waals surface area contributed by atoms with Gasteiger partial charge in [0.2, 0.25) is 15.9 Å². The van der Waals surface area contributed by atoms with E-state index in [1.807, 2.05) is 6.92 Å². The molecule has 2 rings (SSSR count). The summed E-state index contributed by atoms with van der Waals surface area (Å²) in [5.41, 5.74) is 6.16. The predicted octanol–water partition coefficient (Wildman–Crippen LogP) is 0.782. The third kappa shape index (κ3) is 4.69. The number of benzene rings is 1. The standard InChI is InChI=1S/C16H25N3O5S/c1-3-4-13(17)16(20)18-12-5-6-14(23-2)15(11-12)25(21,22)19-7-9-24-10-8-19/h5-6,11,13H,3-4,7-10,17H2,1-2H3,(H,18,20). The van der Waals surface area contributed by atoms with Crippen LogP contribution in [0.25, 0.3) is 0 Å². The van der Waals surface area contributed by atoms with Crippen molar-refractivity contribution < 1.29 is 22.7 Å². The summed E-state index contributed by atoms with van der Waals surface area (Å²) in [6, 6.07) is 3.88. The molecule has 1 heterocycles. The normalized spacial score (nSPS) is 17.1. The molecule has 1 amide bonds. The zero-order valence-electron chi connectivity index (χ0n) is 14.5. The van der Waals surface area contributed by atoms with Crippen LogP contribution in [0.15, 0.2) is 23.1 Å². The number of ether oxygens (including phenoxy) is 2.